The molecule has 0 bridgehead atoms. The van der Waals surface area contributed by atoms with Crippen molar-refractivity contribution in [3.05, 3.63) is 29.6 Å². The summed E-state index contributed by atoms with van der Waals surface area (Å²) < 4.78 is 13.6. The first-order chi connectivity index (χ1) is 8.09. The van der Waals surface area contributed by atoms with Crippen LogP contribution in [-0.4, -0.2) is 17.4 Å². The molecule has 4 heteroatoms. The fourth-order valence-corrected chi connectivity index (χ4v) is 2.22. The maximum Gasteiger partial charge on any atom is 0.225 e. The summed E-state index contributed by atoms with van der Waals surface area (Å²) in [4.78, 5) is 13.6. The summed E-state index contributed by atoms with van der Waals surface area (Å²) in [5.41, 5.74) is 6.58. The Labute approximate surface area is 100 Å². The Kier molecular flexibility index (Phi) is 3.31. The Balaban J connectivity index is 2.18. The van der Waals surface area contributed by atoms with E-state index < -0.39 is 0 Å². The smallest absolute Gasteiger partial charge is 0.225 e. The number of halogens is 1. The average Bonchev–Trinajstić information content (AvgIpc) is 2.29. The molecule has 17 heavy (non-hydrogen) atoms. The van der Waals surface area contributed by atoms with Crippen LogP contribution in [0.4, 0.5) is 10.1 Å². The van der Waals surface area contributed by atoms with Gasteiger partial charge >= 0.3 is 0 Å². The Morgan fingerprint density at radius 2 is 2.29 bits per heavy atom. The second-order valence-electron chi connectivity index (χ2n) is 4.61. The van der Waals surface area contributed by atoms with Gasteiger partial charge in [0.25, 0.3) is 0 Å². The van der Waals surface area contributed by atoms with E-state index in [1.54, 1.807) is 17.0 Å². The fourth-order valence-electron chi connectivity index (χ4n) is 2.22. The largest absolute Gasteiger partial charge is 0.398 e. The maximum absolute atomic E-state index is 13.6. The molecule has 0 radical (unpaired) electrons. The van der Waals surface area contributed by atoms with Gasteiger partial charge in [0.15, 0.2) is 0 Å². The van der Waals surface area contributed by atoms with Gasteiger partial charge in [-0.3, -0.25) is 4.79 Å². The third-order valence-corrected chi connectivity index (χ3v) is 3.30. The Morgan fingerprint density at radius 3 is 3.00 bits per heavy atom. The number of carbonyl (C=O) groups excluding carboxylic acids is 1. The lowest BCUT2D eigenvalue weighted by Crippen LogP contribution is -2.39. The number of hydrogen-bond donors (Lipinski definition) is 1. The van der Waals surface area contributed by atoms with Crippen LogP contribution in [0.5, 0.6) is 0 Å². The molecule has 2 N–H and O–H groups in total. The summed E-state index contributed by atoms with van der Waals surface area (Å²) in [6.07, 6.45) is 1.89. The van der Waals surface area contributed by atoms with Crippen molar-refractivity contribution < 1.29 is 9.18 Å². The van der Waals surface area contributed by atoms with Gasteiger partial charge in [0, 0.05) is 23.7 Å². The lowest BCUT2D eigenvalue weighted by atomic mass is 9.98. The van der Waals surface area contributed by atoms with E-state index in [1.165, 1.54) is 6.07 Å². The van der Waals surface area contributed by atoms with Gasteiger partial charge in [-0.25, -0.2) is 4.39 Å². The predicted octanol–water partition coefficient (Wildman–Crippen LogP) is 2.17. The van der Waals surface area contributed by atoms with Crippen molar-refractivity contribution in [1.82, 2.24) is 4.90 Å². The van der Waals surface area contributed by atoms with Crippen LogP contribution in [0.1, 0.15) is 25.3 Å². The molecule has 1 fully saturated rings. The molecule has 1 aromatic carbocycles. The molecule has 1 atom stereocenters. The van der Waals surface area contributed by atoms with Gasteiger partial charge in [-0.05, 0) is 25.0 Å². The Hall–Kier alpha value is -1.58. The molecule has 0 saturated carbocycles. The van der Waals surface area contributed by atoms with Crippen LogP contribution in [0.15, 0.2) is 18.2 Å². The van der Waals surface area contributed by atoms with Gasteiger partial charge in [0.1, 0.15) is 5.82 Å². The molecule has 92 valence electrons. The second kappa shape index (κ2) is 4.73. The highest BCUT2D eigenvalue weighted by Gasteiger charge is 2.26. The zero-order valence-electron chi connectivity index (χ0n) is 9.95. The number of nitrogen functional groups attached to an aromatic ring is 1. The molecule has 1 saturated heterocycles. The lowest BCUT2D eigenvalue weighted by Gasteiger charge is -2.31. The van der Waals surface area contributed by atoms with Crippen molar-refractivity contribution in [3.63, 3.8) is 0 Å². The number of piperidine rings is 1. The number of benzene rings is 1. The monoisotopic (exact) mass is 236 g/mol. The SMILES string of the molecule is CC1CCCN(Cc2c(N)cccc2F)C1=O. The van der Waals surface area contributed by atoms with E-state index in [-0.39, 0.29) is 24.2 Å². The second-order valence-corrected chi connectivity index (χ2v) is 4.61. The van der Waals surface area contributed by atoms with Gasteiger partial charge in [-0.1, -0.05) is 13.0 Å². The molecule has 1 aliphatic rings. The summed E-state index contributed by atoms with van der Waals surface area (Å²) in [5, 5.41) is 0. The molecule has 1 unspecified atom stereocenters. The summed E-state index contributed by atoms with van der Waals surface area (Å²) >= 11 is 0. The minimum atomic E-state index is -0.337. The van der Waals surface area contributed by atoms with E-state index in [0.29, 0.717) is 17.8 Å². The van der Waals surface area contributed by atoms with Crippen LogP contribution < -0.4 is 5.73 Å². The highest BCUT2D eigenvalue weighted by atomic mass is 19.1. The predicted molar refractivity (Wildman–Crippen MR) is 64.6 cm³/mol. The number of carbonyl (C=O) groups is 1. The third-order valence-electron chi connectivity index (χ3n) is 3.30. The molecule has 1 heterocycles. The van der Waals surface area contributed by atoms with E-state index in [0.717, 1.165) is 12.8 Å². The van der Waals surface area contributed by atoms with Crippen LogP contribution >= 0.6 is 0 Å². The van der Waals surface area contributed by atoms with Gasteiger partial charge < -0.3 is 10.6 Å². The summed E-state index contributed by atoms with van der Waals surface area (Å²) in [6, 6.07) is 4.62. The molecular formula is C13H17FN2O. The zero-order chi connectivity index (χ0) is 12.4. The van der Waals surface area contributed by atoms with E-state index in [4.69, 9.17) is 5.73 Å². The van der Waals surface area contributed by atoms with Crippen LogP contribution in [0, 0.1) is 11.7 Å². The summed E-state index contributed by atoms with van der Waals surface area (Å²) in [6.45, 7) is 2.89. The molecule has 3 nitrogen and oxygen atoms in total. The first kappa shape index (κ1) is 11.9. The fraction of sp³-hybridized carbons (Fsp3) is 0.462. The number of likely N-dealkylation sites (tertiary alicyclic amines) is 1. The van der Waals surface area contributed by atoms with Crippen molar-refractivity contribution in [2.45, 2.75) is 26.3 Å². The van der Waals surface area contributed by atoms with E-state index in [9.17, 15) is 9.18 Å². The quantitative estimate of drug-likeness (QED) is 0.800. The van der Waals surface area contributed by atoms with Gasteiger partial charge in [0.2, 0.25) is 5.91 Å². The zero-order valence-corrected chi connectivity index (χ0v) is 9.95. The highest BCUT2D eigenvalue weighted by Crippen LogP contribution is 2.23. The number of amides is 1. The molecule has 0 aliphatic carbocycles. The Bertz CT molecular complexity index is 413. The lowest BCUT2D eigenvalue weighted by molar-refractivity contribution is -0.138. The molecule has 0 spiro atoms. The molecule has 0 aromatic heterocycles. The summed E-state index contributed by atoms with van der Waals surface area (Å²) in [5.74, 6) is -0.202. The van der Waals surface area contributed by atoms with Crippen molar-refractivity contribution in [1.29, 1.82) is 0 Å². The van der Waals surface area contributed by atoms with Crippen molar-refractivity contribution >= 4 is 11.6 Å². The van der Waals surface area contributed by atoms with Gasteiger partial charge in [-0.15, -0.1) is 0 Å². The number of nitrogens with zero attached hydrogens (tertiary/aromatic N) is 1. The van der Waals surface area contributed by atoms with Crippen molar-refractivity contribution in [2.75, 3.05) is 12.3 Å². The first-order valence-corrected chi connectivity index (χ1v) is 5.91. The standard InChI is InChI=1S/C13H17FN2O/c1-9-4-3-7-16(13(9)17)8-10-11(14)5-2-6-12(10)15/h2,5-6,9H,3-4,7-8,15H2,1H3. The first-order valence-electron chi connectivity index (χ1n) is 5.91. The minimum Gasteiger partial charge on any atom is -0.398 e. The molecule has 1 aliphatic heterocycles. The van der Waals surface area contributed by atoms with Crippen LogP contribution in [-0.2, 0) is 11.3 Å². The molecule has 2 rings (SSSR count). The number of anilines is 1. The van der Waals surface area contributed by atoms with E-state index in [1.807, 2.05) is 6.92 Å². The topological polar surface area (TPSA) is 46.3 Å². The van der Waals surface area contributed by atoms with Crippen molar-refractivity contribution in [2.24, 2.45) is 5.92 Å². The molecular weight excluding hydrogens is 219 g/mol. The normalized spacial score (nSPS) is 20.7. The molecule has 1 aromatic rings. The Morgan fingerprint density at radius 1 is 1.53 bits per heavy atom. The maximum atomic E-state index is 13.6. The average molecular weight is 236 g/mol. The van der Waals surface area contributed by atoms with Crippen LogP contribution in [0.25, 0.3) is 0 Å². The van der Waals surface area contributed by atoms with Gasteiger partial charge in [-0.2, -0.15) is 0 Å². The van der Waals surface area contributed by atoms with E-state index >= 15 is 0 Å². The highest BCUT2D eigenvalue weighted by molar-refractivity contribution is 5.79. The third kappa shape index (κ3) is 2.40. The number of rotatable bonds is 2. The van der Waals surface area contributed by atoms with E-state index in [2.05, 4.69) is 0 Å². The van der Waals surface area contributed by atoms with Crippen LogP contribution in [0.3, 0.4) is 0 Å². The van der Waals surface area contributed by atoms with Gasteiger partial charge in [0.05, 0.1) is 6.54 Å². The van der Waals surface area contributed by atoms with Crippen LogP contribution in [0.2, 0.25) is 0 Å². The summed E-state index contributed by atoms with van der Waals surface area (Å²) in [7, 11) is 0. The number of hydrogen-bond acceptors (Lipinski definition) is 2. The van der Waals surface area contributed by atoms with Crippen molar-refractivity contribution in [3.8, 4) is 0 Å². The molecule has 1 amide bonds. The number of nitrogens with two attached hydrogens (primary N) is 1. The minimum absolute atomic E-state index is 0.0387.